The second-order valence-electron chi connectivity index (χ2n) is 4.91. The van der Waals surface area contributed by atoms with Crippen LogP contribution in [0.5, 0.6) is 5.75 Å². The summed E-state index contributed by atoms with van der Waals surface area (Å²) >= 11 is 0. The summed E-state index contributed by atoms with van der Waals surface area (Å²) in [5.74, 6) is 0.891. The first-order chi connectivity index (χ1) is 8.88. The maximum Gasteiger partial charge on any atom is 0.119 e. The molecule has 0 saturated carbocycles. The van der Waals surface area contributed by atoms with Crippen LogP contribution in [0.25, 0.3) is 0 Å². The quantitative estimate of drug-likeness (QED) is 0.903. The van der Waals surface area contributed by atoms with E-state index >= 15 is 0 Å². The molecule has 1 aromatic rings. The Balaban J connectivity index is 0.00000180. The summed E-state index contributed by atoms with van der Waals surface area (Å²) in [6, 6.07) is 7.66. The number of rotatable bonds is 5. The predicted octanol–water partition coefficient (Wildman–Crippen LogP) is 2.86. The Hall–Kier alpha value is -0.770. The predicted molar refractivity (Wildman–Crippen MR) is 80.0 cm³/mol. The highest BCUT2D eigenvalue weighted by molar-refractivity contribution is 5.85. The molecule has 0 spiro atoms. The van der Waals surface area contributed by atoms with Crippen LogP contribution in [0.15, 0.2) is 24.3 Å². The first-order valence-electron chi connectivity index (χ1n) is 6.93. The van der Waals surface area contributed by atoms with Gasteiger partial charge in [-0.25, -0.2) is 0 Å². The van der Waals surface area contributed by atoms with Crippen LogP contribution in [-0.4, -0.2) is 36.2 Å². The number of likely N-dealkylation sites (tertiary alicyclic amines) is 1. The molecule has 2 rings (SSSR count). The molecule has 108 valence electrons. The Kier molecular flexibility index (Phi) is 7.87. The molecule has 1 aliphatic rings. The number of aliphatic hydroxyl groups is 1. The maximum atomic E-state index is 8.95. The molecule has 0 amide bonds. The van der Waals surface area contributed by atoms with Gasteiger partial charge in [-0.05, 0) is 43.6 Å². The average molecular weight is 286 g/mol. The van der Waals surface area contributed by atoms with Crippen molar-refractivity contribution in [3.63, 3.8) is 0 Å². The molecule has 1 heterocycles. The second kappa shape index (κ2) is 9.18. The minimum absolute atomic E-state index is 0. The lowest BCUT2D eigenvalue weighted by Gasteiger charge is -2.19. The third-order valence-electron chi connectivity index (χ3n) is 3.48. The van der Waals surface area contributed by atoms with Crippen molar-refractivity contribution >= 4 is 12.4 Å². The number of hydrogen-bond donors (Lipinski definition) is 1. The fourth-order valence-electron chi connectivity index (χ4n) is 2.34. The Morgan fingerprint density at radius 2 is 1.63 bits per heavy atom. The minimum atomic E-state index is 0. The van der Waals surface area contributed by atoms with Gasteiger partial charge in [0.15, 0.2) is 0 Å². The van der Waals surface area contributed by atoms with Crippen LogP contribution in [-0.2, 0) is 6.61 Å². The van der Waals surface area contributed by atoms with Crippen LogP contribution in [0.3, 0.4) is 0 Å². The summed E-state index contributed by atoms with van der Waals surface area (Å²) in [5, 5.41) is 8.95. The molecule has 0 bridgehead atoms. The van der Waals surface area contributed by atoms with Gasteiger partial charge in [0.1, 0.15) is 12.4 Å². The number of halogens is 1. The fraction of sp³-hybridized carbons (Fsp3) is 0.600. The van der Waals surface area contributed by atoms with E-state index in [4.69, 9.17) is 9.84 Å². The number of benzene rings is 1. The van der Waals surface area contributed by atoms with E-state index in [0.717, 1.165) is 24.5 Å². The molecule has 0 atom stereocenters. The first kappa shape index (κ1) is 16.3. The van der Waals surface area contributed by atoms with Gasteiger partial charge in [-0.2, -0.15) is 0 Å². The van der Waals surface area contributed by atoms with Crippen molar-refractivity contribution in [2.24, 2.45) is 0 Å². The molecule has 1 N–H and O–H groups in total. The zero-order valence-electron chi connectivity index (χ0n) is 11.4. The van der Waals surface area contributed by atoms with Crippen LogP contribution in [0.1, 0.15) is 31.2 Å². The van der Waals surface area contributed by atoms with Crippen molar-refractivity contribution < 1.29 is 9.84 Å². The lowest BCUT2D eigenvalue weighted by atomic mass is 10.2. The Bertz CT molecular complexity index is 335. The monoisotopic (exact) mass is 285 g/mol. The van der Waals surface area contributed by atoms with Crippen LogP contribution in [0, 0.1) is 0 Å². The van der Waals surface area contributed by atoms with E-state index in [9.17, 15) is 0 Å². The number of nitrogens with zero attached hydrogens (tertiary/aromatic N) is 1. The number of hydrogen-bond acceptors (Lipinski definition) is 3. The van der Waals surface area contributed by atoms with Crippen LogP contribution < -0.4 is 4.74 Å². The summed E-state index contributed by atoms with van der Waals surface area (Å²) in [6.45, 7) is 4.29. The molecule has 1 aromatic carbocycles. The first-order valence-corrected chi connectivity index (χ1v) is 6.93. The van der Waals surface area contributed by atoms with Crippen molar-refractivity contribution in [1.82, 2.24) is 4.90 Å². The Morgan fingerprint density at radius 3 is 2.21 bits per heavy atom. The van der Waals surface area contributed by atoms with Gasteiger partial charge in [0.05, 0.1) is 6.61 Å². The van der Waals surface area contributed by atoms with Gasteiger partial charge in [0.2, 0.25) is 0 Å². The van der Waals surface area contributed by atoms with Gasteiger partial charge in [-0.1, -0.05) is 25.0 Å². The zero-order chi connectivity index (χ0) is 12.6. The van der Waals surface area contributed by atoms with Gasteiger partial charge in [0, 0.05) is 6.54 Å². The normalized spacial score (nSPS) is 16.5. The molecular weight excluding hydrogens is 262 g/mol. The van der Waals surface area contributed by atoms with Crippen LogP contribution in [0.4, 0.5) is 0 Å². The molecule has 1 aliphatic heterocycles. The van der Waals surface area contributed by atoms with Gasteiger partial charge in [-0.3, -0.25) is 4.90 Å². The highest BCUT2D eigenvalue weighted by atomic mass is 35.5. The van der Waals surface area contributed by atoms with Crippen molar-refractivity contribution in [3.8, 4) is 5.75 Å². The molecule has 4 heteroatoms. The van der Waals surface area contributed by atoms with E-state index in [2.05, 4.69) is 4.90 Å². The molecule has 0 aromatic heterocycles. The molecule has 1 fully saturated rings. The third-order valence-corrected chi connectivity index (χ3v) is 3.48. The summed E-state index contributed by atoms with van der Waals surface area (Å²) < 4.78 is 5.73. The van der Waals surface area contributed by atoms with Crippen LogP contribution in [0.2, 0.25) is 0 Å². The van der Waals surface area contributed by atoms with E-state index in [0.29, 0.717) is 0 Å². The van der Waals surface area contributed by atoms with Crippen LogP contribution >= 0.6 is 12.4 Å². The summed E-state index contributed by atoms with van der Waals surface area (Å²) in [4.78, 5) is 2.50. The van der Waals surface area contributed by atoms with E-state index in [1.54, 1.807) is 0 Å². The topological polar surface area (TPSA) is 32.7 Å². The SMILES string of the molecule is Cl.OCc1ccc(OCCN2CCCCCC2)cc1. The maximum absolute atomic E-state index is 8.95. The highest BCUT2D eigenvalue weighted by Gasteiger charge is 2.08. The summed E-state index contributed by atoms with van der Waals surface area (Å²) in [7, 11) is 0. The van der Waals surface area contributed by atoms with Gasteiger partial charge in [0.25, 0.3) is 0 Å². The summed E-state index contributed by atoms with van der Waals surface area (Å²) in [5.41, 5.74) is 0.926. The van der Waals surface area contributed by atoms with Crippen molar-refractivity contribution in [1.29, 1.82) is 0 Å². The number of ether oxygens (including phenoxy) is 1. The standard InChI is InChI=1S/C15H23NO2.ClH/c17-13-14-5-7-15(8-6-14)18-12-11-16-9-3-1-2-4-10-16;/h5-8,17H,1-4,9-13H2;1H. The van der Waals surface area contributed by atoms with Gasteiger partial charge >= 0.3 is 0 Å². The van der Waals surface area contributed by atoms with E-state index in [1.165, 1.54) is 38.8 Å². The van der Waals surface area contributed by atoms with E-state index in [1.807, 2.05) is 24.3 Å². The zero-order valence-corrected chi connectivity index (χ0v) is 12.2. The molecule has 1 saturated heterocycles. The molecule has 0 radical (unpaired) electrons. The smallest absolute Gasteiger partial charge is 0.119 e. The fourth-order valence-corrected chi connectivity index (χ4v) is 2.34. The van der Waals surface area contributed by atoms with E-state index < -0.39 is 0 Å². The van der Waals surface area contributed by atoms with Gasteiger partial charge in [-0.15, -0.1) is 12.4 Å². The Labute approximate surface area is 122 Å². The van der Waals surface area contributed by atoms with E-state index in [-0.39, 0.29) is 19.0 Å². The minimum Gasteiger partial charge on any atom is -0.492 e. The van der Waals surface area contributed by atoms with Crippen molar-refractivity contribution in [2.75, 3.05) is 26.2 Å². The molecule has 0 unspecified atom stereocenters. The highest BCUT2D eigenvalue weighted by Crippen LogP contribution is 2.13. The molecule has 3 nitrogen and oxygen atoms in total. The van der Waals surface area contributed by atoms with Crippen molar-refractivity contribution in [3.05, 3.63) is 29.8 Å². The van der Waals surface area contributed by atoms with Gasteiger partial charge < -0.3 is 9.84 Å². The lowest BCUT2D eigenvalue weighted by Crippen LogP contribution is -2.29. The van der Waals surface area contributed by atoms with Crippen molar-refractivity contribution in [2.45, 2.75) is 32.3 Å². The number of aliphatic hydroxyl groups excluding tert-OH is 1. The third kappa shape index (κ3) is 5.81. The average Bonchev–Trinajstić information content (AvgIpc) is 2.68. The molecule has 0 aliphatic carbocycles. The molecular formula is C15H24ClNO2. The molecule has 19 heavy (non-hydrogen) atoms. The largest absolute Gasteiger partial charge is 0.492 e. The lowest BCUT2D eigenvalue weighted by molar-refractivity contribution is 0.214. The summed E-state index contributed by atoms with van der Waals surface area (Å²) in [6.07, 6.45) is 5.40. The second-order valence-corrected chi connectivity index (χ2v) is 4.91. The Morgan fingerprint density at radius 1 is 1.00 bits per heavy atom.